The predicted octanol–water partition coefficient (Wildman–Crippen LogP) is 2.18. The number of anilines is 2. The molecule has 1 aromatic carbocycles. The summed E-state index contributed by atoms with van der Waals surface area (Å²) in [7, 11) is 0. The fraction of sp³-hybridized carbons (Fsp3) is 0.238. The zero-order chi connectivity index (χ0) is 20.4. The molecule has 1 amide bonds. The summed E-state index contributed by atoms with van der Waals surface area (Å²) in [5.41, 5.74) is 8.58. The second-order valence-electron chi connectivity index (χ2n) is 7.05. The maximum absolute atomic E-state index is 12.8. The lowest BCUT2D eigenvalue weighted by Gasteiger charge is -2.41. The van der Waals surface area contributed by atoms with Crippen LogP contribution < -0.4 is 10.6 Å². The van der Waals surface area contributed by atoms with E-state index in [4.69, 9.17) is 5.73 Å². The number of nitrogen functional groups attached to an aromatic ring is 1. The lowest BCUT2D eigenvalue weighted by atomic mass is 10.1. The number of nitrogens with two attached hydrogens (primary N) is 1. The Morgan fingerprint density at radius 1 is 1.17 bits per heavy atom. The molecule has 8 nitrogen and oxygen atoms in total. The summed E-state index contributed by atoms with van der Waals surface area (Å²) in [6.07, 6.45) is 3.24. The van der Waals surface area contributed by atoms with Gasteiger partial charge in [-0.1, -0.05) is 12.1 Å². The van der Waals surface area contributed by atoms with Crippen molar-refractivity contribution in [3.63, 3.8) is 0 Å². The zero-order valence-electron chi connectivity index (χ0n) is 16.1. The van der Waals surface area contributed by atoms with E-state index in [1.807, 2.05) is 24.0 Å². The fourth-order valence-corrected chi connectivity index (χ4v) is 3.60. The van der Waals surface area contributed by atoms with Gasteiger partial charge >= 0.3 is 0 Å². The largest absolute Gasteiger partial charge is 0.507 e. The molecule has 0 spiro atoms. The molecule has 1 fully saturated rings. The molecule has 0 unspecified atom stereocenters. The number of amides is 1. The number of carbonyl (C=O) groups is 1. The van der Waals surface area contributed by atoms with Crippen molar-refractivity contribution in [1.29, 1.82) is 0 Å². The highest BCUT2D eigenvalue weighted by Crippen LogP contribution is 2.32. The summed E-state index contributed by atoms with van der Waals surface area (Å²) < 4.78 is 0. The van der Waals surface area contributed by atoms with E-state index in [-0.39, 0.29) is 17.7 Å². The number of hydrogen-bond acceptors (Lipinski definition) is 7. The molecule has 0 bridgehead atoms. The lowest BCUT2D eigenvalue weighted by molar-refractivity contribution is 0.0674. The molecular weight excluding hydrogens is 368 g/mol. The van der Waals surface area contributed by atoms with Crippen LogP contribution >= 0.6 is 0 Å². The Hall–Kier alpha value is -3.68. The number of aromatic nitrogens is 3. The molecule has 148 valence electrons. The van der Waals surface area contributed by atoms with E-state index in [1.54, 1.807) is 42.7 Å². The van der Waals surface area contributed by atoms with Gasteiger partial charge in [0.2, 0.25) is 0 Å². The Balaban J connectivity index is 1.56. The first kappa shape index (κ1) is 18.7. The van der Waals surface area contributed by atoms with Gasteiger partial charge in [-0.25, -0.2) is 0 Å². The molecule has 0 saturated carbocycles. The number of phenolic OH excluding ortho intramolecular Hbond substituents is 1. The van der Waals surface area contributed by atoms with E-state index in [0.29, 0.717) is 42.3 Å². The van der Waals surface area contributed by atoms with E-state index in [1.165, 1.54) is 0 Å². The molecule has 8 heteroatoms. The number of aromatic hydroxyl groups is 1. The molecule has 1 saturated heterocycles. The Morgan fingerprint density at radius 3 is 2.72 bits per heavy atom. The Labute approximate surface area is 168 Å². The highest BCUT2D eigenvalue weighted by Gasteiger charge is 2.29. The van der Waals surface area contributed by atoms with Crippen molar-refractivity contribution in [1.82, 2.24) is 20.1 Å². The first-order valence-electron chi connectivity index (χ1n) is 9.42. The molecule has 1 atom stereocenters. The first-order valence-corrected chi connectivity index (χ1v) is 9.42. The van der Waals surface area contributed by atoms with Crippen LogP contribution in [-0.2, 0) is 0 Å². The number of nitrogens with zero attached hydrogens (tertiary/aromatic N) is 5. The van der Waals surface area contributed by atoms with Crippen LogP contribution in [0.2, 0.25) is 0 Å². The third-order valence-electron chi connectivity index (χ3n) is 5.12. The van der Waals surface area contributed by atoms with Crippen LogP contribution in [-0.4, -0.2) is 56.8 Å². The maximum Gasteiger partial charge on any atom is 0.255 e. The first-order chi connectivity index (χ1) is 14.0. The van der Waals surface area contributed by atoms with Crippen LogP contribution in [0.1, 0.15) is 17.3 Å². The average molecular weight is 390 g/mol. The summed E-state index contributed by atoms with van der Waals surface area (Å²) >= 11 is 0. The number of hydrogen-bond donors (Lipinski definition) is 2. The molecule has 2 aromatic heterocycles. The van der Waals surface area contributed by atoms with E-state index in [2.05, 4.69) is 20.1 Å². The van der Waals surface area contributed by atoms with Gasteiger partial charge in [-0.05, 0) is 37.3 Å². The number of piperazine rings is 1. The highest BCUT2D eigenvalue weighted by molar-refractivity contribution is 5.94. The molecule has 3 aromatic rings. The van der Waals surface area contributed by atoms with Crippen LogP contribution in [0, 0.1) is 0 Å². The van der Waals surface area contributed by atoms with Crippen molar-refractivity contribution < 1.29 is 9.90 Å². The van der Waals surface area contributed by atoms with Crippen LogP contribution in [0.25, 0.3) is 11.3 Å². The Kier molecular flexibility index (Phi) is 4.99. The van der Waals surface area contributed by atoms with Gasteiger partial charge in [0.1, 0.15) is 5.75 Å². The molecule has 3 heterocycles. The Bertz CT molecular complexity index is 1030. The molecule has 0 aliphatic carbocycles. The monoisotopic (exact) mass is 390 g/mol. The van der Waals surface area contributed by atoms with Crippen molar-refractivity contribution in [2.45, 2.75) is 13.0 Å². The molecular formula is C21H22N6O2. The van der Waals surface area contributed by atoms with E-state index in [9.17, 15) is 9.90 Å². The van der Waals surface area contributed by atoms with Crippen LogP contribution in [0.5, 0.6) is 5.75 Å². The van der Waals surface area contributed by atoms with Gasteiger partial charge in [0.15, 0.2) is 5.82 Å². The molecule has 3 N–H and O–H groups in total. The van der Waals surface area contributed by atoms with Crippen molar-refractivity contribution in [3.05, 3.63) is 60.4 Å². The SMILES string of the molecule is C[C@H]1CN(c2cc(-c3ccccc3O)nnc2N)CCN1C(=O)c1cccnc1. The molecule has 29 heavy (non-hydrogen) atoms. The standard InChI is InChI=1S/C21H22N6O2/c1-14-13-26(9-10-27(14)21(29)15-5-4-8-23-12-15)18-11-17(24-25-20(18)22)16-6-2-3-7-19(16)28/h2-8,11-12,14,28H,9-10,13H2,1H3,(H2,22,25)/t14-/m0/s1. The molecule has 4 rings (SSSR count). The topological polar surface area (TPSA) is 108 Å². The third-order valence-corrected chi connectivity index (χ3v) is 5.12. The summed E-state index contributed by atoms with van der Waals surface area (Å²) in [5, 5.41) is 18.3. The fourth-order valence-electron chi connectivity index (χ4n) is 3.60. The van der Waals surface area contributed by atoms with E-state index < -0.39 is 0 Å². The zero-order valence-corrected chi connectivity index (χ0v) is 16.1. The van der Waals surface area contributed by atoms with Gasteiger partial charge in [-0.2, -0.15) is 0 Å². The van der Waals surface area contributed by atoms with Gasteiger partial charge in [0, 0.05) is 43.6 Å². The molecule has 1 aliphatic rings. The van der Waals surface area contributed by atoms with Crippen LogP contribution in [0.4, 0.5) is 11.5 Å². The second kappa shape index (κ2) is 7.75. The second-order valence-corrected chi connectivity index (χ2v) is 7.05. The van der Waals surface area contributed by atoms with Crippen molar-refractivity contribution >= 4 is 17.4 Å². The van der Waals surface area contributed by atoms with Gasteiger partial charge in [0.25, 0.3) is 5.91 Å². The Morgan fingerprint density at radius 2 is 2.00 bits per heavy atom. The van der Waals surface area contributed by atoms with Crippen molar-refractivity contribution in [3.8, 4) is 17.0 Å². The number of benzene rings is 1. The minimum atomic E-state index is -0.0269. The minimum Gasteiger partial charge on any atom is -0.507 e. The molecule has 1 aliphatic heterocycles. The predicted molar refractivity (Wildman–Crippen MR) is 110 cm³/mol. The van der Waals surface area contributed by atoms with E-state index in [0.717, 1.165) is 5.69 Å². The smallest absolute Gasteiger partial charge is 0.255 e. The minimum absolute atomic E-state index is 0.0161. The van der Waals surface area contributed by atoms with Crippen LogP contribution in [0.3, 0.4) is 0 Å². The molecule has 0 radical (unpaired) electrons. The summed E-state index contributed by atoms with van der Waals surface area (Å²) in [4.78, 5) is 20.8. The van der Waals surface area contributed by atoms with Gasteiger partial charge in [-0.15, -0.1) is 10.2 Å². The average Bonchev–Trinajstić information content (AvgIpc) is 2.75. The summed E-state index contributed by atoms with van der Waals surface area (Å²) in [5.74, 6) is 0.433. The van der Waals surface area contributed by atoms with Gasteiger partial charge < -0.3 is 20.6 Å². The lowest BCUT2D eigenvalue weighted by Crippen LogP contribution is -2.54. The quantitative estimate of drug-likeness (QED) is 0.705. The highest BCUT2D eigenvalue weighted by atomic mass is 16.3. The number of phenols is 1. The summed E-state index contributed by atoms with van der Waals surface area (Å²) in [6, 6.07) is 12.3. The normalized spacial score (nSPS) is 16.7. The third kappa shape index (κ3) is 3.69. The van der Waals surface area contributed by atoms with Gasteiger partial charge in [-0.3, -0.25) is 9.78 Å². The maximum atomic E-state index is 12.8. The van der Waals surface area contributed by atoms with Gasteiger partial charge in [0.05, 0.1) is 16.9 Å². The number of rotatable bonds is 3. The van der Waals surface area contributed by atoms with Crippen molar-refractivity contribution in [2.75, 3.05) is 30.3 Å². The summed E-state index contributed by atoms with van der Waals surface area (Å²) in [6.45, 7) is 3.80. The number of pyridine rings is 1. The van der Waals surface area contributed by atoms with E-state index >= 15 is 0 Å². The number of para-hydroxylation sites is 1. The van der Waals surface area contributed by atoms with Crippen LogP contribution in [0.15, 0.2) is 54.9 Å². The van der Waals surface area contributed by atoms with Crippen molar-refractivity contribution in [2.24, 2.45) is 0 Å². The number of carbonyl (C=O) groups excluding carboxylic acids is 1.